The fourth-order valence-corrected chi connectivity index (χ4v) is 0.845. The maximum absolute atomic E-state index is 11.0. The molecule has 1 atom stereocenters. The van der Waals surface area contributed by atoms with E-state index in [0.717, 1.165) is 19.3 Å². The Morgan fingerprint density at radius 1 is 1.40 bits per heavy atom. The zero-order chi connectivity index (χ0) is 7.98. The summed E-state index contributed by atoms with van der Waals surface area (Å²) in [5.41, 5.74) is 0. The number of nitrogens with one attached hydrogen (secondary N) is 1. The van der Waals surface area contributed by atoms with Crippen molar-refractivity contribution < 1.29 is 5.11 Å². The van der Waals surface area contributed by atoms with Gasteiger partial charge < -0.3 is 0 Å². The highest BCUT2D eigenvalue weighted by Crippen LogP contribution is 1.98. The third-order valence-electron chi connectivity index (χ3n) is 1.34. The van der Waals surface area contributed by atoms with Crippen molar-refractivity contribution in [2.45, 2.75) is 52.3 Å². The van der Waals surface area contributed by atoms with Gasteiger partial charge in [0.2, 0.25) is 0 Å². The van der Waals surface area contributed by atoms with Crippen molar-refractivity contribution in [1.29, 1.82) is 0 Å². The average molecular weight is 144 g/mol. The van der Waals surface area contributed by atoms with E-state index in [-0.39, 0.29) is 0 Å². The van der Waals surface area contributed by atoms with Gasteiger partial charge in [0.15, 0.2) is 0 Å². The highest BCUT2D eigenvalue weighted by atomic mass is 16.3. The van der Waals surface area contributed by atoms with Crippen LogP contribution in [0.1, 0.15) is 40.0 Å². The molecule has 0 aromatic rings. The zero-order valence-electron chi connectivity index (χ0n) is 7.18. The van der Waals surface area contributed by atoms with E-state index in [2.05, 4.69) is 12.2 Å². The van der Waals surface area contributed by atoms with Gasteiger partial charge in [-0.1, -0.05) is 13.3 Å². The summed E-state index contributed by atoms with van der Waals surface area (Å²) in [6.07, 6.45) is 2.35. The minimum atomic E-state index is -0.556. The van der Waals surface area contributed by atoms with Gasteiger partial charge in [-0.3, -0.25) is 5.32 Å². The van der Waals surface area contributed by atoms with E-state index in [1.807, 2.05) is 13.8 Å². The molecule has 1 unspecified atom stereocenters. The van der Waals surface area contributed by atoms with Crippen molar-refractivity contribution in [2.75, 3.05) is 0 Å². The van der Waals surface area contributed by atoms with Gasteiger partial charge in [0.1, 0.15) is 6.23 Å². The van der Waals surface area contributed by atoms with Gasteiger partial charge in [-0.05, 0) is 26.7 Å². The van der Waals surface area contributed by atoms with Crippen LogP contribution in [0.5, 0.6) is 0 Å². The van der Waals surface area contributed by atoms with Crippen LogP contribution < -0.4 is 5.32 Å². The topological polar surface area (TPSA) is 31.9 Å². The van der Waals surface area contributed by atoms with E-state index < -0.39 is 6.23 Å². The summed E-state index contributed by atoms with van der Waals surface area (Å²) in [6.45, 7) is 6.09. The van der Waals surface area contributed by atoms with E-state index in [1.165, 1.54) is 0 Å². The first-order valence-corrected chi connectivity index (χ1v) is 4.08. The Kier molecular flexibility index (Phi) is 5.64. The summed E-state index contributed by atoms with van der Waals surface area (Å²) >= 11 is 0. The molecule has 1 radical (unpaired) electrons. The molecule has 0 saturated carbocycles. The van der Waals surface area contributed by atoms with Crippen LogP contribution in [0.3, 0.4) is 0 Å². The van der Waals surface area contributed by atoms with Crippen molar-refractivity contribution in [1.82, 2.24) is 5.32 Å². The molecule has 0 aromatic carbocycles. The maximum Gasteiger partial charge on any atom is 0.144 e. The van der Waals surface area contributed by atoms with Gasteiger partial charge in [0.25, 0.3) is 0 Å². The summed E-state index contributed by atoms with van der Waals surface area (Å²) in [5.74, 6) is 0. The second-order valence-electron chi connectivity index (χ2n) is 2.95. The second-order valence-corrected chi connectivity index (χ2v) is 2.95. The maximum atomic E-state index is 11.0. The minimum Gasteiger partial charge on any atom is -0.287 e. The quantitative estimate of drug-likeness (QED) is 0.587. The summed E-state index contributed by atoms with van der Waals surface area (Å²) in [6, 6.07) is 0.319. The Hall–Kier alpha value is -0.0800. The first kappa shape index (κ1) is 9.92. The highest BCUT2D eigenvalue weighted by Gasteiger charge is 2.04. The molecule has 0 bridgehead atoms. The molecular weight excluding hydrogens is 126 g/mol. The Morgan fingerprint density at radius 3 is 2.40 bits per heavy atom. The Bertz CT molecular complexity index is 73.7. The third kappa shape index (κ3) is 6.05. The van der Waals surface area contributed by atoms with Gasteiger partial charge in [0.05, 0.1) is 0 Å². The molecule has 61 valence electrons. The largest absolute Gasteiger partial charge is 0.287 e. The first-order chi connectivity index (χ1) is 4.66. The lowest BCUT2D eigenvalue weighted by Gasteiger charge is -2.12. The summed E-state index contributed by atoms with van der Waals surface area (Å²) in [7, 11) is 0. The van der Waals surface area contributed by atoms with E-state index >= 15 is 0 Å². The second kappa shape index (κ2) is 5.69. The van der Waals surface area contributed by atoms with Gasteiger partial charge in [-0.2, -0.15) is 0 Å². The predicted octanol–water partition coefficient (Wildman–Crippen LogP) is 1.93. The molecule has 2 nitrogen and oxygen atoms in total. The fraction of sp³-hybridized carbons (Fsp3) is 1.00. The van der Waals surface area contributed by atoms with Crippen molar-refractivity contribution in [3.8, 4) is 0 Å². The van der Waals surface area contributed by atoms with Crippen LogP contribution in [-0.4, -0.2) is 12.3 Å². The number of hydrogen-bond acceptors (Lipinski definition) is 1. The Morgan fingerprint density at radius 2 is 2.00 bits per heavy atom. The minimum absolute atomic E-state index is 0.319. The van der Waals surface area contributed by atoms with Crippen LogP contribution in [-0.2, 0) is 5.11 Å². The molecule has 0 fully saturated rings. The molecule has 0 aliphatic rings. The molecule has 0 aliphatic carbocycles. The summed E-state index contributed by atoms with van der Waals surface area (Å²) in [4.78, 5) is 0. The van der Waals surface area contributed by atoms with Crippen molar-refractivity contribution >= 4 is 0 Å². The standard InChI is InChI=1S/C8H18NO/c1-4-5-6-8(10)9-7(2)3/h7-9H,4-6H2,1-3H3. The monoisotopic (exact) mass is 144 g/mol. The van der Waals surface area contributed by atoms with Crippen LogP contribution in [0.25, 0.3) is 0 Å². The lowest BCUT2D eigenvalue weighted by molar-refractivity contribution is 0.0430. The van der Waals surface area contributed by atoms with E-state index in [9.17, 15) is 5.11 Å². The molecule has 0 saturated heterocycles. The summed E-state index contributed by atoms with van der Waals surface area (Å²) < 4.78 is 0. The molecule has 0 aromatic heterocycles. The van der Waals surface area contributed by atoms with Crippen molar-refractivity contribution in [3.05, 3.63) is 0 Å². The molecule has 0 spiro atoms. The molecule has 0 aliphatic heterocycles. The highest BCUT2D eigenvalue weighted by molar-refractivity contribution is 4.56. The molecular formula is C8H18NO. The average Bonchev–Trinajstić information content (AvgIpc) is 1.82. The number of hydrogen-bond donors (Lipinski definition) is 1. The Balaban J connectivity index is 3.16. The van der Waals surface area contributed by atoms with Gasteiger partial charge >= 0.3 is 0 Å². The lowest BCUT2D eigenvalue weighted by atomic mass is 10.2. The van der Waals surface area contributed by atoms with Crippen molar-refractivity contribution in [2.24, 2.45) is 0 Å². The number of unbranched alkanes of at least 4 members (excludes halogenated alkanes) is 1. The summed E-state index contributed by atoms with van der Waals surface area (Å²) in [5, 5.41) is 13.9. The molecule has 0 rings (SSSR count). The van der Waals surface area contributed by atoms with Gasteiger partial charge in [-0.25, -0.2) is 5.11 Å². The van der Waals surface area contributed by atoms with E-state index in [1.54, 1.807) is 0 Å². The fourth-order valence-electron chi connectivity index (χ4n) is 0.845. The molecule has 1 N–H and O–H groups in total. The molecule has 0 amide bonds. The smallest absolute Gasteiger partial charge is 0.144 e. The number of rotatable bonds is 5. The molecule has 10 heavy (non-hydrogen) atoms. The Labute approximate surface area is 63.6 Å². The first-order valence-electron chi connectivity index (χ1n) is 4.08. The van der Waals surface area contributed by atoms with Crippen LogP contribution in [0.2, 0.25) is 0 Å². The van der Waals surface area contributed by atoms with E-state index in [0.29, 0.717) is 6.04 Å². The van der Waals surface area contributed by atoms with E-state index in [4.69, 9.17) is 0 Å². The lowest BCUT2D eigenvalue weighted by Crippen LogP contribution is -2.33. The van der Waals surface area contributed by atoms with Crippen molar-refractivity contribution in [3.63, 3.8) is 0 Å². The molecule has 0 heterocycles. The molecule has 2 heteroatoms. The van der Waals surface area contributed by atoms with Gasteiger partial charge in [0, 0.05) is 6.04 Å². The third-order valence-corrected chi connectivity index (χ3v) is 1.34. The normalized spacial score (nSPS) is 14.1. The zero-order valence-corrected chi connectivity index (χ0v) is 7.18. The predicted molar refractivity (Wildman–Crippen MR) is 42.3 cm³/mol. The van der Waals surface area contributed by atoms with Gasteiger partial charge in [-0.15, -0.1) is 0 Å². The van der Waals surface area contributed by atoms with Crippen LogP contribution in [0.4, 0.5) is 0 Å². The SMILES string of the molecule is CCCCC([O])NC(C)C. The van der Waals surface area contributed by atoms with Crippen LogP contribution in [0, 0.1) is 0 Å². The van der Waals surface area contributed by atoms with Crippen LogP contribution in [0.15, 0.2) is 0 Å². The van der Waals surface area contributed by atoms with Crippen LogP contribution >= 0.6 is 0 Å².